The number of fused-ring (bicyclic) bond motifs is 1. The van der Waals surface area contributed by atoms with Gasteiger partial charge in [0.15, 0.2) is 0 Å². The van der Waals surface area contributed by atoms with Crippen molar-refractivity contribution in [2.24, 2.45) is 4.99 Å². The molecule has 1 amide bonds. The van der Waals surface area contributed by atoms with E-state index in [9.17, 15) is 18.7 Å². The summed E-state index contributed by atoms with van der Waals surface area (Å²) in [5.74, 6) is -0.894. The number of hydrogen-bond acceptors (Lipinski definition) is 4. The maximum absolute atomic E-state index is 14.0. The highest BCUT2D eigenvalue weighted by Crippen LogP contribution is 2.25. The molecule has 6 nitrogen and oxygen atoms in total. The van der Waals surface area contributed by atoms with Crippen molar-refractivity contribution in [3.05, 3.63) is 101 Å². The van der Waals surface area contributed by atoms with Gasteiger partial charge >= 0.3 is 0 Å². The smallest absolute Gasteiger partial charge is 0.225 e. The molecule has 0 saturated carbocycles. The Kier molecular flexibility index (Phi) is 8.21. The molecule has 8 heteroatoms. The Balaban J connectivity index is 1.66. The molecule has 3 N–H and O–H groups in total. The highest BCUT2D eigenvalue weighted by molar-refractivity contribution is 6.26. The van der Waals surface area contributed by atoms with Crippen molar-refractivity contribution >= 4 is 28.1 Å². The number of rotatable bonds is 9. The molecule has 0 saturated heterocycles. The van der Waals surface area contributed by atoms with Crippen LogP contribution in [0.25, 0.3) is 16.5 Å². The van der Waals surface area contributed by atoms with Gasteiger partial charge in [0.1, 0.15) is 23.1 Å². The summed E-state index contributed by atoms with van der Waals surface area (Å²) in [5.41, 5.74) is 4.08. The van der Waals surface area contributed by atoms with Crippen LogP contribution in [0.4, 0.5) is 8.78 Å². The number of aromatic nitrogens is 1. The Morgan fingerprint density at radius 3 is 2.45 bits per heavy atom. The number of nitrogens with one attached hydrogen (secondary N) is 2. The summed E-state index contributed by atoms with van der Waals surface area (Å²) in [6.07, 6.45) is 3.76. The molecule has 1 unspecified atom stereocenters. The minimum Gasteiger partial charge on any atom is -0.508 e. The van der Waals surface area contributed by atoms with E-state index in [0.717, 1.165) is 28.1 Å². The van der Waals surface area contributed by atoms with Crippen molar-refractivity contribution in [3.63, 3.8) is 0 Å². The Morgan fingerprint density at radius 2 is 1.82 bits per heavy atom. The van der Waals surface area contributed by atoms with Gasteiger partial charge in [0, 0.05) is 35.8 Å². The van der Waals surface area contributed by atoms with E-state index >= 15 is 0 Å². The number of aromatic amines is 1. The molecule has 4 aromatic rings. The van der Waals surface area contributed by atoms with Gasteiger partial charge in [0.25, 0.3) is 0 Å². The second-order valence-corrected chi connectivity index (χ2v) is 8.86. The first kappa shape index (κ1) is 26.6. The van der Waals surface area contributed by atoms with Crippen LogP contribution in [0.15, 0.2) is 77.9 Å². The summed E-state index contributed by atoms with van der Waals surface area (Å²) in [4.78, 5) is 20.9. The molecule has 3 aromatic carbocycles. The summed E-state index contributed by atoms with van der Waals surface area (Å²) in [6, 6.07) is 15.0. The number of benzene rings is 3. The van der Waals surface area contributed by atoms with Crippen LogP contribution in [0, 0.1) is 11.6 Å². The van der Waals surface area contributed by atoms with E-state index in [4.69, 9.17) is 4.74 Å². The number of methoxy groups -OCH3 is 1. The summed E-state index contributed by atoms with van der Waals surface area (Å²) in [6.45, 7) is 1.86. The van der Waals surface area contributed by atoms with Crippen molar-refractivity contribution in [2.45, 2.75) is 25.8 Å². The zero-order chi connectivity index (χ0) is 27.2. The van der Waals surface area contributed by atoms with Gasteiger partial charge in [0.2, 0.25) is 5.91 Å². The summed E-state index contributed by atoms with van der Waals surface area (Å²) in [7, 11) is 3.21. The molecule has 0 aliphatic carbocycles. The number of aromatic hydroxyl groups is 1. The van der Waals surface area contributed by atoms with Gasteiger partial charge in [-0.3, -0.25) is 9.79 Å². The number of halogens is 2. The zero-order valence-corrected chi connectivity index (χ0v) is 21.4. The molecule has 1 heterocycles. The van der Waals surface area contributed by atoms with Gasteiger partial charge in [-0.1, -0.05) is 18.2 Å². The lowest BCUT2D eigenvalue weighted by atomic mass is 9.91. The Bertz CT molecular complexity index is 1490. The third-order valence-corrected chi connectivity index (χ3v) is 6.34. The van der Waals surface area contributed by atoms with Gasteiger partial charge in [-0.25, -0.2) is 8.78 Å². The van der Waals surface area contributed by atoms with Crippen LogP contribution in [-0.4, -0.2) is 41.9 Å². The first-order chi connectivity index (χ1) is 18.3. The minimum absolute atomic E-state index is 0.0299. The molecule has 38 heavy (non-hydrogen) atoms. The van der Waals surface area contributed by atoms with E-state index in [0.29, 0.717) is 22.6 Å². The topological polar surface area (TPSA) is 86.7 Å². The zero-order valence-electron chi connectivity index (χ0n) is 21.4. The first-order valence-corrected chi connectivity index (χ1v) is 12.1. The lowest BCUT2D eigenvalue weighted by Crippen LogP contribution is -2.43. The number of nitrogens with zero attached hydrogens (tertiary/aromatic N) is 1. The van der Waals surface area contributed by atoms with E-state index in [1.54, 1.807) is 38.6 Å². The normalized spacial score (nSPS) is 13.0. The number of H-pyrrole nitrogens is 1. The summed E-state index contributed by atoms with van der Waals surface area (Å²) in [5, 5.41) is 13.7. The number of aliphatic imine (C=N–C) groups is 1. The van der Waals surface area contributed by atoms with Crippen molar-refractivity contribution in [1.82, 2.24) is 10.3 Å². The second kappa shape index (κ2) is 11.7. The third-order valence-electron chi connectivity index (χ3n) is 6.34. The molecule has 0 aliphatic heterocycles. The monoisotopic (exact) mass is 517 g/mol. The second-order valence-electron chi connectivity index (χ2n) is 8.86. The van der Waals surface area contributed by atoms with Crippen LogP contribution in [0.3, 0.4) is 0 Å². The Hall–Kier alpha value is -4.46. The minimum atomic E-state index is -0.694. The van der Waals surface area contributed by atoms with Crippen molar-refractivity contribution in [1.29, 1.82) is 0 Å². The molecule has 196 valence electrons. The molecular weight excluding hydrogens is 488 g/mol. The average molecular weight is 518 g/mol. The molecule has 1 atom stereocenters. The van der Waals surface area contributed by atoms with Crippen LogP contribution < -0.4 is 10.1 Å². The number of allylic oxidation sites excluding steroid dienone is 1. The fraction of sp³-hybridized carbons (Fsp3) is 0.200. The number of ether oxygens (including phenoxy) is 1. The van der Waals surface area contributed by atoms with Crippen LogP contribution in [0.2, 0.25) is 0 Å². The van der Waals surface area contributed by atoms with Crippen LogP contribution in [0.5, 0.6) is 11.5 Å². The van der Waals surface area contributed by atoms with Gasteiger partial charge in [0.05, 0.1) is 25.3 Å². The van der Waals surface area contributed by atoms with Gasteiger partial charge in [-0.2, -0.15) is 0 Å². The highest BCUT2D eigenvalue weighted by Gasteiger charge is 2.24. The molecule has 0 bridgehead atoms. The number of carbonyl (C=O) groups is 1. The van der Waals surface area contributed by atoms with Gasteiger partial charge in [-0.05, 0) is 72.5 Å². The molecule has 0 fully saturated rings. The molecule has 0 aliphatic rings. The maximum Gasteiger partial charge on any atom is 0.225 e. The molecule has 1 aromatic heterocycles. The SMILES string of the molecule is CC=C(C(=NC)C(Cc1cc(F)cc(F)c1)NC(=O)Cc1c[nH]c2ccc(O)cc12)c1ccc(OC)cc1. The number of amides is 1. The lowest BCUT2D eigenvalue weighted by Gasteiger charge is -2.23. The third kappa shape index (κ3) is 6.08. The average Bonchev–Trinajstić information content (AvgIpc) is 3.27. The van der Waals surface area contributed by atoms with Crippen molar-refractivity contribution < 1.29 is 23.4 Å². The summed E-state index contributed by atoms with van der Waals surface area (Å²) >= 11 is 0. The van der Waals surface area contributed by atoms with E-state index in [1.165, 1.54) is 12.1 Å². The number of hydrogen-bond donors (Lipinski definition) is 3. The molecular formula is C30H29F2N3O3. The molecule has 0 spiro atoms. The van der Waals surface area contributed by atoms with E-state index in [1.807, 2.05) is 37.3 Å². The fourth-order valence-electron chi connectivity index (χ4n) is 4.61. The molecule has 4 rings (SSSR count). The summed E-state index contributed by atoms with van der Waals surface area (Å²) < 4.78 is 33.3. The van der Waals surface area contributed by atoms with Gasteiger partial charge < -0.3 is 20.1 Å². The number of phenolic OH excluding ortho intramolecular Hbond substituents is 1. The van der Waals surface area contributed by atoms with Crippen LogP contribution in [-0.2, 0) is 17.6 Å². The van der Waals surface area contributed by atoms with Crippen molar-refractivity contribution in [3.8, 4) is 11.5 Å². The largest absolute Gasteiger partial charge is 0.508 e. The number of carbonyl (C=O) groups excluding carboxylic acids is 1. The van der Waals surface area contributed by atoms with Crippen LogP contribution >= 0.6 is 0 Å². The quantitative estimate of drug-likeness (QED) is 0.253. The Morgan fingerprint density at radius 1 is 1.11 bits per heavy atom. The van der Waals surface area contributed by atoms with Crippen LogP contribution in [0.1, 0.15) is 23.6 Å². The van der Waals surface area contributed by atoms with E-state index in [2.05, 4.69) is 15.3 Å². The standard InChI is InChI=1S/C30H29F2N3O3/c1-4-25(19-5-8-24(38-3)9-6-19)30(33-2)28(13-18-11-21(31)15-22(32)12-18)35-29(37)14-20-17-34-27-10-7-23(36)16-26(20)27/h4-12,15-17,28,34,36H,13-14H2,1-3H3,(H,35,37). The first-order valence-electron chi connectivity index (χ1n) is 12.1. The highest BCUT2D eigenvalue weighted by atomic mass is 19.1. The van der Waals surface area contributed by atoms with Gasteiger partial charge in [-0.15, -0.1) is 0 Å². The fourth-order valence-corrected chi connectivity index (χ4v) is 4.61. The predicted octanol–water partition coefficient (Wildman–Crippen LogP) is 5.60. The number of phenols is 1. The van der Waals surface area contributed by atoms with Crippen molar-refractivity contribution in [2.75, 3.05) is 14.2 Å². The molecule has 0 radical (unpaired) electrons. The van der Waals surface area contributed by atoms with E-state index < -0.39 is 17.7 Å². The maximum atomic E-state index is 14.0. The lowest BCUT2D eigenvalue weighted by molar-refractivity contribution is -0.120. The predicted molar refractivity (Wildman–Crippen MR) is 146 cm³/mol. The Labute approximate surface area is 219 Å². The van der Waals surface area contributed by atoms with E-state index in [-0.39, 0.29) is 24.5 Å².